The quantitative estimate of drug-likeness (QED) is 0.467. The van der Waals surface area contributed by atoms with Gasteiger partial charge in [0.1, 0.15) is 5.69 Å². The van der Waals surface area contributed by atoms with E-state index in [1.807, 2.05) is 37.3 Å². The number of halogens is 2. The van der Waals surface area contributed by atoms with Gasteiger partial charge < -0.3 is 15.7 Å². The van der Waals surface area contributed by atoms with E-state index < -0.39 is 9.84 Å². The first kappa shape index (κ1) is 26.4. The molecule has 1 aliphatic heterocycles. The van der Waals surface area contributed by atoms with Gasteiger partial charge >= 0.3 is 0 Å². The Balaban J connectivity index is 1.38. The highest BCUT2D eigenvalue weighted by Gasteiger charge is 2.46. The molecule has 7 nitrogen and oxygen atoms in total. The second kappa shape index (κ2) is 9.82. The lowest BCUT2D eigenvalue weighted by Gasteiger charge is -2.43. The number of nitrogens with zero attached hydrogens (tertiary/aromatic N) is 3. The van der Waals surface area contributed by atoms with Crippen LogP contribution in [-0.4, -0.2) is 42.8 Å². The third-order valence-corrected chi connectivity index (χ3v) is 9.39. The number of rotatable bonds is 5. The number of sulfone groups is 1. The van der Waals surface area contributed by atoms with E-state index in [1.165, 1.54) is 11.8 Å². The van der Waals surface area contributed by atoms with Gasteiger partial charge in [-0.3, -0.25) is 0 Å². The summed E-state index contributed by atoms with van der Waals surface area (Å²) in [6, 6.07) is 11.1. The molecule has 1 fully saturated rings. The molecule has 3 N–H and O–H groups in total. The van der Waals surface area contributed by atoms with E-state index in [-0.39, 0.29) is 23.8 Å². The molecule has 2 aromatic carbocycles. The molecule has 10 heteroatoms. The molecule has 0 bridgehead atoms. The Kier molecular flexibility index (Phi) is 7.00. The molecule has 2 heterocycles. The maximum absolute atomic E-state index is 11.8. The summed E-state index contributed by atoms with van der Waals surface area (Å²) in [7, 11) is -3.11. The van der Waals surface area contributed by atoms with Crippen LogP contribution in [-0.2, 0) is 28.6 Å². The number of benzene rings is 2. The van der Waals surface area contributed by atoms with Crippen molar-refractivity contribution >= 4 is 38.9 Å². The average Bonchev–Trinajstić information content (AvgIpc) is 3.11. The first-order chi connectivity index (χ1) is 17.5. The van der Waals surface area contributed by atoms with E-state index in [1.54, 1.807) is 6.07 Å². The number of aryl methyl sites for hydroxylation is 1. The summed E-state index contributed by atoms with van der Waals surface area (Å²) in [5, 5.41) is 11.0. The number of aliphatic hydroxyl groups excluding tert-OH is 1. The molecular weight excluding hydrogens is 531 g/mol. The summed E-state index contributed by atoms with van der Waals surface area (Å²) in [6.45, 7) is 3.10. The zero-order chi connectivity index (χ0) is 26.5. The number of aromatic nitrogens is 2. The Morgan fingerprint density at radius 3 is 2.57 bits per heavy atom. The van der Waals surface area contributed by atoms with Crippen LogP contribution in [0.5, 0.6) is 0 Å². The van der Waals surface area contributed by atoms with Crippen molar-refractivity contribution in [1.82, 2.24) is 9.97 Å². The van der Waals surface area contributed by atoms with Crippen molar-refractivity contribution in [1.29, 1.82) is 0 Å². The van der Waals surface area contributed by atoms with Crippen LogP contribution < -0.4 is 10.6 Å². The molecule has 196 valence electrons. The minimum absolute atomic E-state index is 0.0200. The Hall–Kier alpha value is -2.23. The second-order valence-corrected chi connectivity index (χ2v) is 13.2. The van der Waals surface area contributed by atoms with Crippen LogP contribution in [0.2, 0.25) is 10.0 Å². The van der Waals surface area contributed by atoms with E-state index in [4.69, 9.17) is 38.9 Å². The minimum Gasteiger partial charge on any atom is -0.390 e. The molecule has 0 saturated carbocycles. The van der Waals surface area contributed by atoms with Crippen molar-refractivity contribution < 1.29 is 13.5 Å². The lowest BCUT2D eigenvalue weighted by Crippen LogP contribution is -2.45. The number of fused-ring (bicyclic) bond motifs is 1. The molecule has 0 radical (unpaired) electrons. The third kappa shape index (κ3) is 4.98. The van der Waals surface area contributed by atoms with Crippen LogP contribution in [0.3, 0.4) is 0 Å². The number of anilines is 1. The smallest absolute Gasteiger partial charge is 0.153 e. The maximum Gasteiger partial charge on any atom is 0.153 e. The van der Waals surface area contributed by atoms with Crippen LogP contribution in [0.25, 0.3) is 11.3 Å². The molecule has 1 spiro atoms. The predicted molar refractivity (Wildman–Crippen MR) is 148 cm³/mol. The highest BCUT2D eigenvalue weighted by Crippen LogP contribution is 2.51. The van der Waals surface area contributed by atoms with E-state index >= 15 is 0 Å². The van der Waals surface area contributed by atoms with Crippen LogP contribution >= 0.6 is 23.2 Å². The third-order valence-electron chi connectivity index (χ3n) is 7.71. The number of hydrogen-bond acceptors (Lipinski definition) is 7. The summed E-state index contributed by atoms with van der Waals surface area (Å²) in [6.07, 6.45) is 3.84. The van der Waals surface area contributed by atoms with Gasteiger partial charge in [0.05, 0.1) is 33.8 Å². The standard InChI is InChI=1S/C27H30Cl2N4O3S/c1-16-24(19-4-3-5-21(28)23(19)29)32-22(14-34)26(31-16)33-10-8-27(9-11-33)13-18-7-6-17(15-37(2,35)36)12-20(18)25(27)30/h3-7,12,25,34H,8-11,13-15,30H2,1-2H3/t25-/m1/s1. The largest absolute Gasteiger partial charge is 0.390 e. The lowest BCUT2D eigenvalue weighted by molar-refractivity contribution is 0.186. The Bertz CT molecular complexity index is 1470. The first-order valence-corrected chi connectivity index (χ1v) is 15.1. The minimum atomic E-state index is -3.11. The molecule has 1 saturated heterocycles. The van der Waals surface area contributed by atoms with Crippen molar-refractivity contribution in [2.45, 2.75) is 44.6 Å². The van der Waals surface area contributed by atoms with Crippen LogP contribution in [0.15, 0.2) is 36.4 Å². The van der Waals surface area contributed by atoms with Gasteiger partial charge in [0.2, 0.25) is 0 Å². The van der Waals surface area contributed by atoms with Gasteiger partial charge in [-0.1, -0.05) is 53.5 Å². The van der Waals surface area contributed by atoms with E-state index in [9.17, 15) is 13.5 Å². The molecule has 1 aliphatic carbocycles. The molecular formula is C27H30Cl2N4O3S. The summed E-state index contributed by atoms with van der Waals surface area (Å²) < 4.78 is 23.6. The van der Waals surface area contributed by atoms with Gasteiger partial charge in [-0.25, -0.2) is 18.4 Å². The average molecular weight is 562 g/mol. The number of hydrogen-bond donors (Lipinski definition) is 2. The summed E-state index contributed by atoms with van der Waals surface area (Å²) >= 11 is 12.6. The van der Waals surface area contributed by atoms with Crippen molar-refractivity contribution in [2.75, 3.05) is 24.2 Å². The SMILES string of the molecule is Cc1nc(N2CCC3(CC2)Cc2ccc(CS(C)(=O)=O)cc2[C@H]3N)c(CO)nc1-c1cccc(Cl)c1Cl. The summed E-state index contributed by atoms with van der Waals surface area (Å²) in [5.74, 6) is 0.697. The summed E-state index contributed by atoms with van der Waals surface area (Å²) in [5.41, 5.74) is 12.3. The number of aliphatic hydroxyl groups is 1. The van der Waals surface area contributed by atoms with Crippen molar-refractivity contribution in [3.8, 4) is 11.3 Å². The second-order valence-electron chi connectivity index (χ2n) is 10.3. The molecule has 0 unspecified atom stereocenters. The van der Waals surface area contributed by atoms with E-state index in [0.717, 1.165) is 43.5 Å². The molecule has 0 amide bonds. The zero-order valence-corrected chi connectivity index (χ0v) is 23.2. The predicted octanol–water partition coefficient (Wildman–Crippen LogP) is 4.64. The number of piperidine rings is 1. The topological polar surface area (TPSA) is 109 Å². The van der Waals surface area contributed by atoms with Gasteiger partial charge in [-0.15, -0.1) is 0 Å². The van der Waals surface area contributed by atoms with Crippen LogP contribution in [0.1, 0.15) is 47.0 Å². The Morgan fingerprint density at radius 1 is 1.16 bits per heavy atom. The normalized spacial score (nSPS) is 18.9. The van der Waals surface area contributed by atoms with Crippen LogP contribution in [0.4, 0.5) is 5.82 Å². The lowest BCUT2D eigenvalue weighted by atomic mass is 9.73. The molecule has 2 aliphatic rings. The molecule has 3 aromatic rings. The Morgan fingerprint density at radius 2 is 1.89 bits per heavy atom. The van der Waals surface area contributed by atoms with Gasteiger partial charge in [0.15, 0.2) is 15.7 Å². The van der Waals surface area contributed by atoms with Gasteiger partial charge in [-0.2, -0.15) is 0 Å². The van der Waals surface area contributed by atoms with E-state index in [0.29, 0.717) is 38.5 Å². The molecule has 1 atom stereocenters. The fraction of sp³-hybridized carbons (Fsp3) is 0.407. The van der Waals surface area contributed by atoms with Gasteiger partial charge in [0, 0.05) is 31.0 Å². The zero-order valence-electron chi connectivity index (χ0n) is 20.8. The van der Waals surface area contributed by atoms with Crippen molar-refractivity contribution in [3.63, 3.8) is 0 Å². The van der Waals surface area contributed by atoms with E-state index in [2.05, 4.69) is 4.90 Å². The van der Waals surface area contributed by atoms with Gasteiger partial charge in [0.25, 0.3) is 0 Å². The fourth-order valence-electron chi connectivity index (χ4n) is 5.80. The highest BCUT2D eigenvalue weighted by molar-refractivity contribution is 7.89. The molecule has 5 rings (SSSR count). The van der Waals surface area contributed by atoms with Crippen LogP contribution in [0, 0.1) is 12.3 Å². The van der Waals surface area contributed by atoms with Gasteiger partial charge in [-0.05, 0) is 54.4 Å². The van der Waals surface area contributed by atoms with Crippen molar-refractivity contribution in [3.05, 3.63) is 74.5 Å². The summed E-state index contributed by atoms with van der Waals surface area (Å²) in [4.78, 5) is 11.8. The maximum atomic E-state index is 11.8. The first-order valence-electron chi connectivity index (χ1n) is 12.2. The fourth-order valence-corrected chi connectivity index (χ4v) is 6.98. The molecule has 1 aromatic heterocycles. The number of nitrogens with two attached hydrogens (primary N) is 1. The monoisotopic (exact) mass is 560 g/mol. The van der Waals surface area contributed by atoms with Crippen molar-refractivity contribution in [2.24, 2.45) is 11.1 Å². The Labute approximate surface area is 227 Å². The molecule has 37 heavy (non-hydrogen) atoms. The highest BCUT2D eigenvalue weighted by atomic mass is 35.5.